The summed E-state index contributed by atoms with van der Waals surface area (Å²) in [4.78, 5) is 26.3. The molecule has 160 valence electrons. The Morgan fingerprint density at radius 3 is 2.83 bits per heavy atom. The first-order chi connectivity index (χ1) is 14.5. The standard InChI is InChI=1S/C20H27N7OS2/c1-4-27-15(24-25-20(27)29)5-8-21-18(28)14-6-9-26(10-7-14)17-16-12(2)13(3)30-19(16)23-11-22-17/h11,14H,4-10H2,1-3H3,(H,21,28)(H,25,29). The predicted octanol–water partition coefficient (Wildman–Crippen LogP) is 3.16. The Morgan fingerprint density at radius 2 is 2.10 bits per heavy atom. The molecule has 1 fully saturated rings. The Morgan fingerprint density at radius 1 is 1.33 bits per heavy atom. The normalized spacial score (nSPS) is 15.1. The number of piperidine rings is 1. The minimum Gasteiger partial charge on any atom is -0.356 e. The quantitative estimate of drug-likeness (QED) is 0.567. The van der Waals surface area contributed by atoms with Gasteiger partial charge in [-0.3, -0.25) is 9.89 Å². The van der Waals surface area contributed by atoms with Crippen molar-refractivity contribution in [2.45, 2.75) is 46.6 Å². The Balaban J connectivity index is 1.33. The van der Waals surface area contributed by atoms with E-state index >= 15 is 0 Å². The van der Waals surface area contributed by atoms with E-state index in [1.807, 2.05) is 11.5 Å². The van der Waals surface area contributed by atoms with Crippen LogP contribution >= 0.6 is 23.6 Å². The zero-order valence-electron chi connectivity index (χ0n) is 17.6. The highest BCUT2D eigenvalue weighted by Gasteiger charge is 2.27. The monoisotopic (exact) mass is 445 g/mol. The second-order valence-electron chi connectivity index (χ2n) is 7.65. The van der Waals surface area contributed by atoms with Crippen LogP contribution in [0.4, 0.5) is 5.82 Å². The van der Waals surface area contributed by atoms with E-state index in [0.29, 0.717) is 17.7 Å². The predicted molar refractivity (Wildman–Crippen MR) is 122 cm³/mol. The second kappa shape index (κ2) is 8.81. The Bertz CT molecular complexity index is 1110. The maximum Gasteiger partial charge on any atom is 0.223 e. The van der Waals surface area contributed by atoms with Crippen molar-refractivity contribution in [3.8, 4) is 0 Å². The van der Waals surface area contributed by atoms with E-state index in [0.717, 1.165) is 54.3 Å². The van der Waals surface area contributed by atoms with E-state index in [1.165, 1.54) is 10.4 Å². The molecule has 2 N–H and O–H groups in total. The molecule has 30 heavy (non-hydrogen) atoms. The van der Waals surface area contributed by atoms with Gasteiger partial charge in [-0.2, -0.15) is 5.10 Å². The maximum atomic E-state index is 12.7. The number of aromatic amines is 1. The van der Waals surface area contributed by atoms with Crippen molar-refractivity contribution in [2.75, 3.05) is 24.5 Å². The number of rotatable bonds is 6. The molecule has 0 spiro atoms. The first-order valence-corrected chi connectivity index (χ1v) is 11.6. The van der Waals surface area contributed by atoms with Gasteiger partial charge in [0, 0.05) is 43.4 Å². The maximum absolute atomic E-state index is 12.7. The van der Waals surface area contributed by atoms with Crippen LogP contribution in [0.5, 0.6) is 0 Å². The van der Waals surface area contributed by atoms with Gasteiger partial charge in [0.2, 0.25) is 5.91 Å². The van der Waals surface area contributed by atoms with Crippen LogP contribution in [0.2, 0.25) is 0 Å². The van der Waals surface area contributed by atoms with Crippen molar-refractivity contribution in [2.24, 2.45) is 5.92 Å². The molecular formula is C20H27N7OS2. The van der Waals surface area contributed by atoms with Gasteiger partial charge in [0.1, 0.15) is 22.8 Å². The number of thiophene rings is 1. The van der Waals surface area contributed by atoms with E-state index < -0.39 is 0 Å². The van der Waals surface area contributed by atoms with Gasteiger partial charge in [0.25, 0.3) is 0 Å². The molecule has 4 heterocycles. The number of nitrogens with zero attached hydrogens (tertiary/aromatic N) is 5. The Labute approximate surface area is 184 Å². The van der Waals surface area contributed by atoms with Crippen LogP contribution < -0.4 is 10.2 Å². The fourth-order valence-corrected chi connectivity index (χ4v) is 5.34. The SMILES string of the molecule is CCn1c(CCNC(=O)C2CCN(c3ncnc4sc(C)c(C)c34)CC2)n[nH]c1=S. The molecule has 3 aromatic heterocycles. The third-order valence-corrected chi connectivity index (χ3v) is 7.34. The summed E-state index contributed by atoms with van der Waals surface area (Å²) in [5.74, 6) is 2.05. The van der Waals surface area contributed by atoms with Gasteiger partial charge in [-0.25, -0.2) is 9.97 Å². The third-order valence-electron chi connectivity index (χ3n) is 5.91. The van der Waals surface area contributed by atoms with Crippen molar-refractivity contribution in [1.29, 1.82) is 0 Å². The van der Waals surface area contributed by atoms with Crippen LogP contribution in [0.1, 0.15) is 36.0 Å². The third kappa shape index (κ3) is 3.98. The Kier molecular flexibility index (Phi) is 6.14. The molecule has 0 aromatic carbocycles. The number of fused-ring (bicyclic) bond motifs is 1. The van der Waals surface area contributed by atoms with E-state index in [-0.39, 0.29) is 11.8 Å². The molecule has 0 radical (unpaired) electrons. The summed E-state index contributed by atoms with van der Waals surface area (Å²) in [7, 11) is 0. The number of carbonyl (C=O) groups excluding carboxylic acids is 1. The fourth-order valence-electron chi connectivity index (χ4n) is 4.07. The smallest absolute Gasteiger partial charge is 0.223 e. The molecule has 4 rings (SSSR count). The first-order valence-electron chi connectivity index (χ1n) is 10.4. The van der Waals surface area contributed by atoms with Gasteiger partial charge in [0.05, 0.1) is 5.39 Å². The lowest BCUT2D eigenvalue weighted by molar-refractivity contribution is -0.125. The topological polar surface area (TPSA) is 91.7 Å². The highest BCUT2D eigenvalue weighted by molar-refractivity contribution is 7.71. The number of carbonyl (C=O) groups is 1. The van der Waals surface area contributed by atoms with Crippen LogP contribution in [0.25, 0.3) is 10.2 Å². The molecule has 0 saturated carbocycles. The van der Waals surface area contributed by atoms with Crippen LogP contribution in [-0.4, -0.2) is 50.3 Å². The Hall–Kier alpha value is -2.33. The molecule has 0 bridgehead atoms. The molecule has 1 aliphatic rings. The fraction of sp³-hybridized carbons (Fsp3) is 0.550. The van der Waals surface area contributed by atoms with Crippen molar-refractivity contribution < 1.29 is 4.79 Å². The van der Waals surface area contributed by atoms with Gasteiger partial charge in [-0.05, 0) is 51.4 Å². The average Bonchev–Trinajstić information content (AvgIpc) is 3.26. The van der Waals surface area contributed by atoms with Gasteiger partial charge in [-0.15, -0.1) is 11.3 Å². The highest BCUT2D eigenvalue weighted by Crippen LogP contribution is 2.35. The summed E-state index contributed by atoms with van der Waals surface area (Å²) in [5, 5.41) is 11.3. The number of aryl methyl sites for hydroxylation is 2. The lowest BCUT2D eigenvalue weighted by Gasteiger charge is -2.32. The summed E-state index contributed by atoms with van der Waals surface area (Å²) < 4.78 is 2.58. The number of hydrogen-bond donors (Lipinski definition) is 2. The van der Waals surface area contributed by atoms with Crippen LogP contribution in [0.3, 0.4) is 0 Å². The molecule has 10 heteroatoms. The number of hydrogen-bond acceptors (Lipinski definition) is 7. The van der Waals surface area contributed by atoms with Crippen molar-refractivity contribution in [3.05, 3.63) is 27.4 Å². The van der Waals surface area contributed by atoms with E-state index in [2.05, 4.69) is 44.2 Å². The van der Waals surface area contributed by atoms with Crippen LogP contribution in [0, 0.1) is 24.5 Å². The molecule has 1 amide bonds. The molecule has 3 aromatic rings. The molecule has 1 aliphatic heterocycles. The van der Waals surface area contributed by atoms with Crippen LogP contribution in [-0.2, 0) is 17.8 Å². The summed E-state index contributed by atoms with van der Waals surface area (Å²) in [6.45, 7) is 9.29. The zero-order valence-corrected chi connectivity index (χ0v) is 19.2. The number of H-pyrrole nitrogens is 1. The number of anilines is 1. The highest BCUT2D eigenvalue weighted by atomic mass is 32.1. The number of nitrogens with one attached hydrogen (secondary N) is 2. The lowest BCUT2D eigenvalue weighted by Crippen LogP contribution is -2.41. The van der Waals surface area contributed by atoms with E-state index in [4.69, 9.17) is 12.2 Å². The second-order valence-corrected chi connectivity index (χ2v) is 9.24. The minimum atomic E-state index is 0.0379. The summed E-state index contributed by atoms with van der Waals surface area (Å²) in [5.41, 5.74) is 1.26. The molecule has 8 nitrogen and oxygen atoms in total. The molecule has 1 saturated heterocycles. The zero-order chi connectivity index (χ0) is 21.3. The first kappa shape index (κ1) is 20.9. The number of amides is 1. The summed E-state index contributed by atoms with van der Waals surface area (Å²) in [6.07, 6.45) is 3.97. The molecular weight excluding hydrogens is 418 g/mol. The van der Waals surface area contributed by atoms with Gasteiger partial charge in [-0.1, -0.05) is 0 Å². The van der Waals surface area contributed by atoms with E-state index in [9.17, 15) is 4.79 Å². The van der Waals surface area contributed by atoms with Crippen molar-refractivity contribution >= 4 is 45.5 Å². The molecule has 0 unspecified atom stereocenters. The minimum absolute atomic E-state index is 0.0379. The average molecular weight is 446 g/mol. The van der Waals surface area contributed by atoms with Crippen LogP contribution in [0.15, 0.2) is 6.33 Å². The van der Waals surface area contributed by atoms with E-state index in [1.54, 1.807) is 17.7 Å². The summed E-state index contributed by atoms with van der Waals surface area (Å²) >= 11 is 6.93. The van der Waals surface area contributed by atoms with Crippen molar-refractivity contribution in [1.82, 2.24) is 30.0 Å². The molecule has 0 atom stereocenters. The number of aromatic nitrogens is 5. The van der Waals surface area contributed by atoms with Crippen molar-refractivity contribution in [3.63, 3.8) is 0 Å². The largest absolute Gasteiger partial charge is 0.356 e. The summed E-state index contributed by atoms with van der Waals surface area (Å²) in [6, 6.07) is 0. The lowest BCUT2D eigenvalue weighted by atomic mass is 9.95. The van der Waals surface area contributed by atoms with Gasteiger partial charge >= 0.3 is 0 Å². The van der Waals surface area contributed by atoms with Gasteiger partial charge in [0.15, 0.2) is 4.77 Å². The molecule has 0 aliphatic carbocycles. The van der Waals surface area contributed by atoms with Gasteiger partial charge < -0.3 is 14.8 Å².